The van der Waals surface area contributed by atoms with E-state index in [-0.39, 0.29) is 10.6 Å². The van der Waals surface area contributed by atoms with Gasteiger partial charge in [0.05, 0.1) is 15.5 Å². The fourth-order valence-corrected chi connectivity index (χ4v) is 3.01. The van der Waals surface area contributed by atoms with Crippen molar-refractivity contribution in [1.29, 1.82) is 0 Å². The van der Waals surface area contributed by atoms with E-state index in [1.54, 1.807) is 6.20 Å². The van der Waals surface area contributed by atoms with Gasteiger partial charge in [-0.25, -0.2) is 9.37 Å². The quantitative estimate of drug-likeness (QED) is 0.744. The maximum absolute atomic E-state index is 13.7. The van der Waals surface area contributed by atoms with E-state index in [0.29, 0.717) is 5.13 Å². The van der Waals surface area contributed by atoms with Gasteiger partial charge in [-0.2, -0.15) is 0 Å². The Hall–Kier alpha value is -2.24. The number of hydrogen-bond acceptors (Lipinski definition) is 3. The summed E-state index contributed by atoms with van der Waals surface area (Å²) in [4.78, 5) is 17.2. The Kier molecular flexibility index (Phi) is 4.18. The van der Waals surface area contributed by atoms with E-state index in [9.17, 15) is 9.18 Å². The summed E-state index contributed by atoms with van der Waals surface area (Å²) in [5.74, 6) is -1.28. The monoisotopic (exact) mass is 332 g/mol. The molecule has 22 heavy (non-hydrogen) atoms. The molecule has 0 aliphatic heterocycles. The van der Waals surface area contributed by atoms with Crippen LogP contribution in [-0.2, 0) is 0 Å². The first-order valence-electron chi connectivity index (χ1n) is 6.42. The Labute approximate surface area is 135 Å². The second-order valence-corrected chi connectivity index (χ2v) is 5.88. The summed E-state index contributed by atoms with van der Waals surface area (Å²) < 4.78 is 13.7. The van der Waals surface area contributed by atoms with Crippen LogP contribution >= 0.6 is 22.9 Å². The Morgan fingerprint density at radius 1 is 1.14 bits per heavy atom. The first kappa shape index (κ1) is 14.7. The molecule has 1 aromatic heterocycles. The predicted molar refractivity (Wildman–Crippen MR) is 86.9 cm³/mol. The van der Waals surface area contributed by atoms with Crippen molar-refractivity contribution in [2.75, 3.05) is 5.32 Å². The average molecular weight is 333 g/mol. The van der Waals surface area contributed by atoms with Crippen molar-refractivity contribution in [3.05, 3.63) is 71.1 Å². The number of thiazole rings is 1. The number of nitrogens with zero attached hydrogens (tertiary/aromatic N) is 1. The van der Waals surface area contributed by atoms with Crippen molar-refractivity contribution in [2.45, 2.75) is 0 Å². The van der Waals surface area contributed by atoms with Gasteiger partial charge in [0.2, 0.25) is 0 Å². The molecule has 0 radical (unpaired) electrons. The molecule has 0 fully saturated rings. The third-order valence-corrected chi connectivity index (χ3v) is 4.25. The smallest absolute Gasteiger partial charge is 0.261 e. The van der Waals surface area contributed by atoms with Gasteiger partial charge in [0.15, 0.2) is 5.13 Å². The third kappa shape index (κ3) is 3.00. The van der Waals surface area contributed by atoms with E-state index in [4.69, 9.17) is 11.6 Å². The number of nitrogens with one attached hydrogen (secondary N) is 1. The minimum Gasteiger partial charge on any atom is -0.298 e. The van der Waals surface area contributed by atoms with Crippen molar-refractivity contribution in [3.63, 3.8) is 0 Å². The van der Waals surface area contributed by atoms with Crippen LogP contribution < -0.4 is 5.32 Å². The summed E-state index contributed by atoms with van der Waals surface area (Å²) in [6, 6.07) is 13.8. The van der Waals surface area contributed by atoms with Gasteiger partial charge >= 0.3 is 0 Å². The van der Waals surface area contributed by atoms with E-state index in [1.165, 1.54) is 29.5 Å². The van der Waals surface area contributed by atoms with Gasteiger partial charge in [-0.05, 0) is 17.7 Å². The largest absolute Gasteiger partial charge is 0.298 e. The molecular weight excluding hydrogens is 323 g/mol. The highest BCUT2D eigenvalue weighted by molar-refractivity contribution is 7.19. The number of hydrogen-bond donors (Lipinski definition) is 1. The number of rotatable bonds is 3. The van der Waals surface area contributed by atoms with E-state index in [1.807, 2.05) is 30.3 Å². The zero-order valence-corrected chi connectivity index (χ0v) is 12.8. The summed E-state index contributed by atoms with van der Waals surface area (Å²) in [7, 11) is 0. The second-order valence-electron chi connectivity index (χ2n) is 4.45. The predicted octanol–water partition coefficient (Wildman–Crippen LogP) is 4.85. The Bertz CT molecular complexity index is 800. The molecule has 0 aliphatic carbocycles. The molecule has 0 saturated heterocycles. The summed E-state index contributed by atoms with van der Waals surface area (Å²) in [5.41, 5.74) is 0.824. The molecule has 0 saturated carbocycles. The molecule has 6 heteroatoms. The number of anilines is 1. The van der Waals surface area contributed by atoms with Gasteiger partial charge in [-0.3, -0.25) is 10.1 Å². The van der Waals surface area contributed by atoms with Gasteiger partial charge in [0.25, 0.3) is 5.91 Å². The lowest BCUT2D eigenvalue weighted by atomic mass is 10.2. The molecule has 0 atom stereocenters. The molecule has 0 unspecified atom stereocenters. The minimum atomic E-state index is -0.662. The van der Waals surface area contributed by atoms with Gasteiger partial charge < -0.3 is 0 Å². The molecule has 1 N–H and O–H groups in total. The maximum atomic E-state index is 13.7. The van der Waals surface area contributed by atoms with E-state index >= 15 is 0 Å². The van der Waals surface area contributed by atoms with Crippen LogP contribution in [0.5, 0.6) is 0 Å². The lowest BCUT2D eigenvalue weighted by molar-refractivity contribution is 0.102. The lowest BCUT2D eigenvalue weighted by Crippen LogP contribution is -2.14. The van der Waals surface area contributed by atoms with E-state index < -0.39 is 11.7 Å². The summed E-state index contributed by atoms with van der Waals surface area (Å²) >= 11 is 7.19. The lowest BCUT2D eigenvalue weighted by Gasteiger charge is -2.04. The molecule has 3 aromatic rings. The van der Waals surface area contributed by atoms with Crippen LogP contribution in [0.15, 0.2) is 54.7 Å². The van der Waals surface area contributed by atoms with Gasteiger partial charge in [0, 0.05) is 6.20 Å². The van der Waals surface area contributed by atoms with Crippen LogP contribution in [0.2, 0.25) is 5.02 Å². The topological polar surface area (TPSA) is 42.0 Å². The molecule has 3 rings (SSSR count). The Morgan fingerprint density at radius 3 is 2.64 bits per heavy atom. The minimum absolute atomic E-state index is 0.0670. The van der Waals surface area contributed by atoms with Gasteiger partial charge in [-0.15, -0.1) is 0 Å². The fraction of sp³-hybridized carbons (Fsp3) is 0. The zero-order chi connectivity index (χ0) is 15.5. The van der Waals surface area contributed by atoms with Crippen molar-refractivity contribution >= 4 is 34.0 Å². The van der Waals surface area contributed by atoms with E-state index in [2.05, 4.69) is 10.3 Å². The summed E-state index contributed by atoms with van der Waals surface area (Å²) in [5, 5.41) is 3.03. The van der Waals surface area contributed by atoms with Gasteiger partial charge in [-0.1, -0.05) is 59.3 Å². The number of carbonyl (C=O) groups excluding carboxylic acids is 1. The highest BCUT2D eigenvalue weighted by Crippen LogP contribution is 2.29. The first-order chi connectivity index (χ1) is 10.6. The number of benzene rings is 2. The number of carbonyl (C=O) groups is 1. The summed E-state index contributed by atoms with van der Waals surface area (Å²) in [6.07, 6.45) is 1.67. The number of halogens is 2. The van der Waals surface area contributed by atoms with Crippen molar-refractivity contribution in [1.82, 2.24) is 4.98 Å². The summed E-state index contributed by atoms with van der Waals surface area (Å²) in [6.45, 7) is 0. The molecule has 3 nitrogen and oxygen atoms in total. The zero-order valence-electron chi connectivity index (χ0n) is 11.2. The van der Waals surface area contributed by atoms with Gasteiger partial charge in [0.1, 0.15) is 5.82 Å². The molecule has 0 bridgehead atoms. The van der Waals surface area contributed by atoms with Crippen LogP contribution in [0.1, 0.15) is 10.4 Å². The van der Waals surface area contributed by atoms with Crippen LogP contribution in [0.4, 0.5) is 9.52 Å². The third-order valence-electron chi connectivity index (χ3n) is 2.97. The highest BCUT2D eigenvalue weighted by atomic mass is 35.5. The Morgan fingerprint density at radius 2 is 1.91 bits per heavy atom. The first-order valence-corrected chi connectivity index (χ1v) is 7.61. The number of amides is 1. The molecule has 0 aliphatic rings. The van der Waals surface area contributed by atoms with Crippen molar-refractivity contribution in [2.24, 2.45) is 0 Å². The van der Waals surface area contributed by atoms with Crippen LogP contribution in [0.25, 0.3) is 10.4 Å². The fourth-order valence-electron chi connectivity index (χ4n) is 1.94. The van der Waals surface area contributed by atoms with Crippen LogP contribution in [0.3, 0.4) is 0 Å². The Balaban J connectivity index is 1.82. The SMILES string of the molecule is O=C(Nc1ncc(-c2ccccc2)s1)c1c(F)cccc1Cl. The van der Waals surface area contributed by atoms with Crippen molar-refractivity contribution in [3.8, 4) is 10.4 Å². The maximum Gasteiger partial charge on any atom is 0.261 e. The molecule has 1 heterocycles. The molecular formula is C16H10ClFN2OS. The molecule has 110 valence electrons. The van der Waals surface area contributed by atoms with Crippen LogP contribution in [0, 0.1) is 5.82 Å². The highest BCUT2D eigenvalue weighted by Gasteiger charge is 2.17. The number of aromatic nitrogens is 1. The molecule has 1 amide bonds. The van der Waals surface area contributed by atoms with E-state index in [0.717, 1.165) is 10.4 Å². The second kappa shape index (κ2) is 6.25. The normalized spacial score (nSPS) is 10.5. The van der Waals surface area contributed by atoms with Crippen LogP contribution in [-0.4, -0.2) is 10.9 Å². The molecule has 0 spiro atoms. The van der Waals surface area contributed by atoms with Crippen molar-refractivity contribution < 1.29 is 9.18 Å². The molecule has 2 aromatic carbocycles. The average Bonchev–Trinajstić information content (AvgIpc) is 2.96. The standard InChI is InChI=1S/C16H10ClFN2OS/c17-11-7-4-8-12(18)14(11)15(21)20-16-19-9-13(22-16)10-5-2-1-3-6-10/h1-9H,(H,19,20,21).